The second kappa shape index (κ2) is 13.3. The van der Waals surface area contributed by atoms with Crippen molar-refractivity contribution in [2.45, 2.75) is 47.3 Å². The highest BCUT2D eigenvalue weighted by Crippen LogP contribution is 2.35. The lowest BCUT2D eigenvalue weighted by molar-refractivity contribution is -0.139. The number of hydrogen-bond acceptors (Lipinski definition) is 7. The fourth-order valence-electron chi connectivity index (χ4n) is 5.04. The molecule has 1 aromatic heterocycles. The summed E-state index contributed by atoms with van der Waals surface area (Å²) in [5.74, 6) is 0.802. The van der Waals surface area contributed by atoms with E-state index < -0.39 is 12.0 Å². The highest BCUT2D eigenvalue weighted by Gasteiger charge is 2.33. The van der Waals surface area contributed by atoms with E-state index in [9.17, 15) is 9.59 Å². The van der Waals surface area contributed by atoms with E-state index in [1.807, 2.05) is 68.5 Å². The van der Waals surface area contributed by atoms with Crippen molar-refractivity contribution >= 4 is 46.0 Å². The van der Waals surface area contributed by atoms with Crippen LogP contribution in [0.5, 0.6) is 11.5 Å². The van der Waals surface area contributed by atoms with E-state index >= 15 is 0 Å². The number of carbonyl (C=O) groups is 1. The van der Waals surface area contributed by atoms with Crippen molar-refractivity contribution in [3.05, 3.63) is 123 Å². The van der Waals surface area contributed by atoms with Gasteiger partial charge in [-0.25, -0.2) is 9.79 Å². The van der Waals surface area contributed by atoms with Gasteiger partial charge in [0, 0.05) is 0 Å². The molecular weight excluding hydrogens is 675 g/mol. The lowest BCUT2D eigenvalue weighted by Gasteiger charge is -2.24. The Morgan fingerprint density at radius 3 is 2.47 bits per heavy atom. The summed E-state index contributed by atoms with van der Waals surface area (Å²) in [5, 5.41) is 0. The maximum atomic E-state index is 14.0. The van der Waals surface area contributed by atoms with E-state index in [0.717, 1.165) is 25.8 Å². The van der Waals surface area contributed by atoms with Crippen LogP contribution >= 0.6 is 33.9 Å². The van der Waals surface area contributed by atoms with Gasteiger partial charge >= 0.3 is 5.97 Å². The van der Waals surface area contributed by atoms with Crippen LogP contribution in [0.25, 0.3) is 6.08 Å². The second-order valence-corrected chi connectivity index (χ2v) is 12.4. The number of esters is 1. The summed E-state index contributed by atoms with van der Waals surface area (Å²) in [6.45, 7) is 10.6. The first-order chi connectivity index (χ1) is 20.7. The van der Waals surface area contributed by atoms with Crippen LogP contribution in [0.3, 0.4) is 0 Å². The number of hydrogen-bond donors (Lipinski definition) is 0. The van der Waals surface area contributed by atoms with Gasteiger partial charge in [-0.3, -0.25) is 9.36 Å². The Hall–Kier alpha value is -3.70. The summed E-state index contributed by atoms with van der Waals surface area (Å²) in [4.78, 5) is 32.3. The largest absolute Gasteiger partial charge is 0.490 e. The minimum absolute atomic E-state index is 0.226. The number of halogens is 1. The van der Waals surface area contributed by atoms with Crippen molar-refractivity contribution in [1.29, 1.82) is 0 Å². The SMILES string of the molecule is CCOC(=O)C1=C(C)N=c2s/c(=C/c3cc(I)c(OCc4cccc(C)c4)c(OCC)c3)c(=O)n2[C@@H]1c1ccc(C)cc1. The Labute approximate surface area is 268 Å². The molecule has 0 aliphatic carbocycles. The number of aryl methyl sites for hydroxylation is 2. The van der Waals surface area contributed by atoms with Crippen LogP contribution in [0, 0.1) is 17.4 Å². The van der Waals surface area contributed by atoms with Crippen molar-refractivity contribution in [2.24, 2.45) is 4.99 Å². The maximum Gasteiger partial charge on any atom is 0.338 e. The molecule has 0 fully saturated rings. The number of carbonyl (C=O) groups excluding carboxylic acids is 1. The van der Waals surface area contributed by atoms with Crippen molar-refractivity contribution in [3.8, 4) is 11.5 Å². The van der Waals surface area contributed by atoms with Crippen LogP contribution in [0.4, 0.5) is 0 Å². The molecule has 9 heteroatoms. The Balaban J connectivity index is 1.58. The third-order valence-corrected chi connectivity index (χ3v) is 8.79. The van der Waals surface area contributed by atoms with Crippen LogP contribution in [-0.4, -0.2) is 23.8 Å². The summed E-state index contributed by atoms with van der Waals surface area (Å²) in [6.07, 6.45) is 1.84. The number of ether oxygens (including phenoxy) is 3. The number of nitrogens with zero attached hydrogens (tertiary/aromatic N) is 2. The molecule has 222 valence electrons. The Bertz CT molecular complexity index is 1890. The van der Waals surface area contributed by atoms with Gasteiger partial charge in [-0.15, -0.1) is 0 Å². The van der Waals surface area contributed by atoms with Crippen LogP contribution in [-0.2, 0) is 16.1 Å². The van der Waals surface area contributed by atoms with Gasteiger partial charge in [0.15, 0.2) is 16.3 Å². The lowest BCUT2D eigenvalue weighted by atomic mass is 9.95. The first-order valence-corrected chi connectivity index (χ1v) is 16.0. The van der Waals surface area contributed by atoms with Gasteiger partial charge in [0.2, 0.25) is 0 Å². The topological polar surface area (TPSA) is 79.1 Å². The van der Waals surface area contributed by atoms with E-state index in [1.165, 1.54) is 16.9 Å². The Morgan fingerprint density at radius 1 is 1.00 bits per heavy atom. The van der Waals surface area contributed by atoms with Gasteiger partial charge in [-0.05, 0) is 92.1 Å². The number of aromatic nitrogens is 1. The zero-order valence-electron chi connectivity index (χ0n) is 24.8. The van der Waals surface area contributed by atoms with E-state index in [0.29, 0.717) is 45.3 Å². The Kier molecular flexibility index (Phi) is 9.51. The van der Waals surface area contributed by atoms with Crippen LogP contribution in [0.15, 0.2) is 81.7 Å². The third-order valence-electron chi connectivity index (χ3n) is 7.01. The van der Waals surface area contributed by atoms with Crippen molar-refractivity contribution in [2.75, 3.05) is 13.2 Å². The van der Waals surface area contributed by atoms with Crippen molar-refractivity contribution in [3.63, 3.8) is 0 Å². The first kappa shape index (κ1) is 30.7. The molecule has 1 aliphatic rings. The number of allylic oxidation sites excluding steroid dienone is 1. The second-order valence-electron chi connectivity index (χ2n) is 10.3. The monoisotopic (exact) mass is 708 g/mol. The smallest absolute Gasteiger partial charge is 0.338 e. The van der Waals surface area contributed by atoms with Crippen LogP contribution < -0.4 is 24.4 Å². The molecule has 7 nitrogen and oxygen atoms in total. The van der Waals surface area contributed by atoms with E-state index in [1.54, 1.807) is 18.4 Å². The minimum atomic E-state index is -0.644. The third kappa shape index (κ3) is 6.62. The van der Waals surface area contributed by atoms with E-state index in [-0.39, 0.29) is 12.2 Å². The number of fused-ring (bicyclic) bond motifs is 1. The first-order valence-electron chi connectivity index (χ1n) is 14.1. The van der Waals surface area contributed by atoms with Crippen LogP contribution in [0.2, 0.25) is 0 Å². The highest BCUT2D eigenvalue weighted by molar-refractivity contribution is 14.1. The molecule has 0 amide bonds. The van der Waals surface area contributed by atoms with Crippen LogP contribution in [0.1, 0.15) is 54.6 Å². The molecule has 0 saturated heterocycles. The van der Waals surface area contributed by atoms with Gasteiger partial charge in [0.05, 0.1) is 38.6 Å². The molecule has 0 saturated carbocycles. The van der Waals surface area contributed by atoms with Gasteiger partial charge in [-0.1, -0.05) is 71.0 Å². The molecule has 0 unspecified atom stereocenters. The van der Waals surface area contributed by atoms with Crippen molar-refractivity contribution in [1.82, 2.24) is 4.57 Å². The number of benzene rings is 3. The fourth-order valence-corrected chi connectivity index (χ4v) is 6.87. The summed E-state index contributed by atoms with van der Waals surface area (Å²) in [5.41, 5.74) is 5.63. The average Bonchev–Trinajstić information content (AvgIpc) is 3.26. The molecule has 0 spiro atoms. The summed E-state index contributed by atoms with van der Waals surface area (Å²) in [7, 11) is 0. The molecule has 1 atom stereocenters. The fraction of sp³-hybridized carbons (Fsp3) is 0.265. The lowest BCUT2D eigenvalue weighted by Crippen LogP contribution is -2.39. The minimum Gasteiger partial charge on any atom is -0.490 e. The normalized spacial score (nSPS) is 14.7. The van der Waals surface area contributed by atoms with Crippen molar-refractivity contribution < 1.29 is 19.0 Å². The quantitative estimate of drug-likeness (QED) is 0.158. The molecule has 0 radical (unpaired) electrons. The standard InChI is InChI=1S/C34H33IN2O5S/c1-6-40-27-17-24(16-26(35)31(27)42-19-23-10-8-9-21(4)15-23)18-28-32(38)37-30(25-13-11-20(3)12-14-25)29(33(39)41-7-2)22(5)36-34(37)43-28/h8-18,30H,6-7,19H2,1-5H3/b28-18+/t30-/m1/s1. The molecule has 3 aromatic carbocycles. The molecule has 2 heterocycles. The molecule has 1 aliphatic heterocycles. The summed E-state index contributed by atoms with van der Waals surface area (Å²) >= 11 is 3.54. The van der Waals surface area contributed by atoms with Gasteiger partial charge in [-0.2, -0.15) is 0 Å². The van der Waals surface area contributed by atoms with Gasteiger partial charge in [0.1, 0.15) is 6.61 Å². The highest BCUT2D eigenvalue weighted by atomic mass is 127. The van der Waals surface area contributed by atoms with Gasteiger partial charge < -0.3 is 14.2 Å². The predicted molar refractivity (Wildman–Crippen MR) is 177 cm³/mol. The number of rotatable bonds is 9. The number of thiazole rings is 1. The predicted octanol–water partition coefficient (Wildman–Crippen LogP) is 6.00. The molecule has 4 aromatic rings. The summed E-state index contributed by atoms with van der Waals surface area (Å²) < 4.78 is 20.6. The molecule has 0 bridgehead atoms. The molecule has 5 rings (SSSR count). The van der Waals surface area contributed by atoms with E-state index in [2.05, 4.69) is 46.6 Å². The zero-order chi connectivity index (χ0) is 30.7. The summed E-state index contributed by atoms with van der Waals surface area (Å²) in [6, 6.07) is 19.3. The molecule has 0 N–H and O–H groups in total. The Morgan fingerprint density at radius 2 is 1.77 bits per heavy atom. The van der Waals surface area contributed by atoms with Gasteiger partial charge in [0.25, 0.3) is 5.56 Å². The maximum absolute atomic E-state index is 14.0. The zero-order valence-corrected chi connectivity index (χ0v) is 27.7. The molecular formula is C34H33IN2O5S. The average molecular weight is 709 g/mol. The van der Waals surface area contributed by atoms with E-state index in [4.69, 9.17) is 14.2 Å². The molecule has 43 heavy (non-hydrogen) atoms.